The molecule has 0 unspecified atom stereocenters. The van der Waals surface area contributed by atoms with E-state index in [1.807, 2.05) is 25.1 Å². The van der Waals surface area contributed by atoms with E-state index >= 15 is 0 Å². The van der Waals surface area contributed by atoms with Crippen LogP contribution < -0.4 is 10.6 Å². The van der Waals surface area contributed by atoms with Gasteiger partial charge < -0.3 is 10.6 Å². The average molecular weight is 370 g/mol. The van der Waals surface area contributed by atoms with Crippen molar-refractivity contribution in [3.05, 3.63) is 63.7 Å². The molecule has 2 N–H and O–H groups in total. The molecule has 0 aliphatic rings. The van der Waals surface area contributed by atoms with Crippen LogP contribution in [0.5, 0.6) is 0 Å². The third kappa shape index (κ3) is 3.83. The van der Waals surface area contributed by atoms with Gasteiger partial charge in [-0.3, -0.25) is 19.7 Å². The smallest absolute Gasteiger partial charge is 0.270 e. The van der Waals surface area contributed by atoms with Crippen molar-refractivity contribution < 1.29 is 14.5 Å². The first-order chi connectivity index (χ1) is 12.4. The molecule has 0 saturated heterocycles. The van der Waals surface area contributed by atoms with Gasteiger partial charge in [0.15, 0.2) is 5.13 Å². The number of fused-ring (bicyclic) bond motifs is 1. The number of aromatic nitrogens is 1. The molecular formula is C17H14N4O4S. The van der Waals surface area contributed by atoms with Gasteiger partial charge in [-0.2, -0.15) is 0 Å². The minimum atomic E-state index is -0.585. The van der Waals surface area contributed by atoms with Gasteiger partial charge in [-0.05, 0) is 24.6 Å². The maximum absolute atomic E-state index is 12.0. The van der Waals surface area contributed by atoms with E-state index in [-0.39, 0.29) is 17.8 Å². The van der Waals surface area contributed by atoms with Crippen molar-refractivity contribution in [2.24, 2.45) is 0 Å². The van der Waals surface area contributed by atoms with Crippen molar-refractivity contribution in [2.75, 3.05) is 11.9 Å². The van der Waals surface area contributed by atoms with Gasteiger partial charge in [0.1, 0.15) is 0 Å². The monoisotopic (exact) mass is 370 g/mol. The summed E-state index contributed by atoms with van der Waals surface area (Å²) in [5, 5.41) is 16.3. The summed E-state index contributed by atoms with van der Waals surface area (Å²) in [6.07, 6.45) is 0. The molecule has 8 nitrogen and oxygen atoms in total. The molecule has 26 heavy (non-hydrogen) atoms. The second-order valence-corrected chi connectivity index (χ2v) is 6.51. The lowest BCUT2D eigenvalue weighted by Crippen LogP contribution is -2.32. The number of nitro groups is 1. The fourth-order valence-electron chi connectivity index (χ4n) is 2.33. The molecule has 0 spiro atoms. The minimum Gasteiger partial charge on any atom is -0.343 e. The molecule has 1 heterocycles. The lowest BCUT2D eigenvalue weighted by molar-refractivity contribution is -0.384. The number of rotatable bonds is 5. The van der Waals surface area contributed by atoms with Crippen molar-refractivity contribution in [3.63, 3.8) is 0 Å². The van der Waals surface area contributed by atoms with Gasteiger partial charge in [0.25, 0.3) is 11.6 Å². The van der Waals surface area contributed by atoms with Gasteiger partial charge >= 0.3 is 0 Å². The van der Waals surface area contributed by atoms with E-state index in [9.17, 15) is 19.7 Å². The van der Waals surface area contributed by atoms with Crippen molar-refractivity contribution in [1.29, 1.82) is 0 Å². The summed E-state index contributed by atoms with van der Waals surface area (Å²) in [7, 11) is 0. The van der Waals surface area contributed by atoms with Gasteiger partial charge in [0, 0.05) is 17.7 Å². The zero-order valence-electron chi connectivity index (χ0n) is 13.7. The average Bonchev–Trinajstić information content (AvgIpc) is 3.03. The van der Waals surface area contributed by atoms with Crippen LogP contribution in [0.25, 0.3) is 10.2 Å². The molecular weight excluding hydrogens is 356 g/mol. The predicted octanol–water partition coefficient (Wildman–Crippen LogP) is 2.88. The lowest BCUT2D eigenvalue weighted by atomic mass is 10.2. The van der Waals surface area contributed by atoms with Gasteiger partial charge in [-0.25, -0.2) is 4.98 Å². The Morgan fingerprint density at radius 3 is 2.73 bits per heavy atom. The Bertz CT molecular complexity index is 1010. The fourth-order valence-corrected chi connectivity index (χ4v) is 3.29. The highest BCUT2D eigenvalue weighted by Gasteiger charge is 2.13. The minimum absolute atomic E-state index is 0.114. The highest BCUT2D eigenvalue weighted by molar-refractivity contribution is 7.22. The number of nitro benzene ring substituents is 1. The zero-order chi connectivity index (χ0) is 18.7. The number of nitrogens with zero attached hydrogens (tertiary/aromatic N) is 2. The molecule has 0 fully saturated rings. The SMILES string of the molecule is Cc1cccc2sc(NC(=O)CNC(=O)c3cccc([N+](=O)[O-])c3)nc12. The summed E-state index contributed by atoms with van der Waals surface area (Å²) in [6, 6.07) is 11.1. The number of aryl methyl sites for hydroxylation is 1. The van der Waals surface area contributed by atoms with Crippen LogP contribution in [0.3, 0.4) is 0 Å². The largest absolute Gasteiger partial charge is 0.343 e. The Balaban J connectivity index is 1.61. The molecule has 0 aliphatic heterocycles. The fraction of sp³-hybridized carbons (Fsp3) is 0.118. The van der Waals surface area contributed by atoms with Crippen LogP contribution in [-0.4, -0.2) is 28.3 Å². The molecule has 132 valence electrons. The normalized spacial score (nSPS) is 10.5. The second-order valence-electron chi connectivity index (χ2n) is 5.48. The van der Waals surface area contributed by atoms with Crippen molar-refractivity contribution in [2.45, 2.75) is 6.92 Å². The van der Waals surface area contributed by atoms with Crippen molar-refractivity contribution in [3.8, 4) is 0 Å². The van der Waals surface area contributed by atoms with Crippen molar-refractivity contribution in [1.82, 2.24) is 10.3 Å². The highest BCUT2D eigenvalue weighted by Crippen LogP contribution is 2.27. The number of amides is 2. The maximum Gasteiger partial charge on any atom is 0.270 e. The van der Waals surface area contributed by atoms with Crippen LogP contribution >= 0.6 is 11.3 Å². The maximum atomic E-state index is 12.0. The number of benzene rings is 2. The van der Waals surface area contributed by atoms with Gasteiger partial charge in [0.2, 0.25) is 5.91 Å². The van der Waals surface area contributed by atoms with Crippen LogP contribution in [0.1, 0.15) is 15.9 Å². The number of hydrogen-bond acceptors (Lipinski definition) is 6. The Kier molecular flexibility index (Phi) is 4.90. The Morgan fingerprint density at radius 2 is 2.00 bits per heavy atom. The third-order valence-electron chi connectivity index (χ3n) is 3.60. The first-order valence-electron chi connectivity index (χ1n) is 7.62. The van der Waals surface area contributed by atoms with Crippen LogP contribution in [0.4, 0.5) is 10.8 Å². The summed E-state index contributed by atoms with van der Waals surface area (Å²) < 4.78 is 0.959. The Morgan fingerprint density at radius 1 is 1.23 bits per heavy atom. The summed E-state index contributed by atoms with van der Waals surface area (Å²) >= 11 is 1.34. The van der Waals surface area contributed by atoms with E-state index in [4.69, 9.17) is 0 Å². The number of hydrogen-bond donors (Lipinski definition) is 2. The highest BCUT2D eigenvalue weighted by atomic mass is 32.1. The lowest BCUT2D eigenvalue weighted by Gasteiger charge is -2.05. The number of anilines is 1. The number of thiazole rings is 1. The molecule has 3 aromatic rings. The van der Waals surface area contributed by atoms with Crippen LogP contribution in [0.2, 0.25) is 0 Å². The quantitative estimate of drug-likeness (QED) is 0.529. The summed E-state index contributed by atoms with van der Waals surface area (Å²) in [5.74, 6) is -0.996. The van der Waals surface area contributed by atoms with Crippen LogP contribution in [0, 0.1) is 17.0 Å². The van der Waals surface area contributed by atoms with Crippen molar-refractivity contribution >= 4 is 44.2 Å². The van der Waals surface area contributed by atoms with Crippen LogP contribution in [-0.2, 0) is 4.79 Å². The molecule has 0 bridgehead atoms. The summed E-state index contributed by atoms with van der Waals surface area (Å²) in [5.41, 5.74) is 1.77. The third-order valence-corrected chi connectivity index (χ3v) is 4.53. The number of para-hydroxylation sites is 1. The van der Waals surface area contributed by atoms with E-state index in [0.29, 0.717) is 5.13 Å². The Hall–Kier alpha value is -3.33. The molecule has 0 atom stereocenters. The number of carbonyl (C=O) groups excluding carboxylic acids is 2. The van der Waals surface area contributed by atoms with Gasteiger partial charge in [-0.15, -0.1) is 0 Å². The molecule has 3 rings (SSSR count). The molecule has 2 amide bonds. The standard InChI is InChI=1S/C17H14N4O4S/c1-10-4-2-7-13-15(10)20-17(26-13)19-14(22)9-18-16(23)11-5-3-6-12(8-11)21(24)25/h2-8H,9H2,1H3,(H,18,23)(H,19,20,22). The topological polar surface area (TPSA) is 114 Å². The number of non-ortho nitro benzene ring substituents is 1. The first kappa shape index (κ1) is 17.5. The molecule has 0 saturated carbocycles. The Labute approximate surface area is 152 Å². The second kappa shape index (κ2) is 7.28. The number of nitrogens with one attached hydrogen (secondary N) is 2. The van der Waals surface area contributed by atoms with Crippen LogP contribution in [0.15, 0.2) is 42.5 Å². The van der Waals surface area contributed by atoms with E-state index in [2.05, 4.69) is 15.6 Å². The number of carbonyl (C=O) groups is 2. The summed E-state index contributed by atoms with van der Waals surface area (Å²) in [4.78, 5) is 38.6. The van der Waals surface area contributed by atoms with E-state index in [1.165, 1.54) is 29.5 Å². The molecule has 1 aromatic heterocycles. The van der Waals surface area contributed by atoms with E-state index in [0.717, 1.165) is 21.8 Å². The summed E-state index contributed by atoms with van der Waals surface area (Å²) in [6.45, 7) is 1.67. The molecule has 2 aromatic carbocycles. The molecule has 0 aliphatic carbocycles. The van der Waals surface area contributed by atoms with E-state index < -0.39 is 16.7 Å². The van der Waals surface area contributed by atoms with Gasteiger partial charge in [0.05, 0.1) is 21.7 Å². The van der Waals surface area contributed by atoms with Gasteiger partial charge in [-0.1, -0.05) is 29.5 Å². The zero-order valence-corrected chi connectivity index (χ0v) is 14.5. The predicted molar refractivity (Wildman–Crippen MR) is 98.4 cm³/mol. The first-order valence-corrected chi connectivity index (χ1v) is 8.44. The molecule has 0 radical (unpaired) electrons. The molecule has 9 heteroatoms. The van der Waals surface area contributed by atoms with E-state index in [1.54, 1.807) is 0 Å².